The molecule has 0 saturated carbocycles. The standard InChI is InChI=1S/C9H11N3O/c1-2-8-3-11-12(4-8)5-9-6-13-7-10-9/h3-4,6-7H,2,5H2,1H3. The van der Waals surface area contributed by atoms with E-state index in [1.54, 1.807) is 6.26 Å². The molecule has 0 aromatic carbocycles. The van der Waals surface area contributed by atoms with E-state index in [1.165, 1.54) is 12.0 Å². The van der Waals surface area contributed by atoms with Crippen LogP contribution in [-0.2, 0) is 13.0 Å². The molecule has 0 aliphatic rings. The van der Waals surface area contributed by atoms with Crippen molar-refractivity contribution in [3.8, 4) is 0 Å². The lowest BCUT2D eigenvalue weighted by atomic mass is 10.3. The second-order valence-electron chi connectivity index (χ2n) is 2.88. The van der Waals surface area contributed by atoms with E-state index < -0.39 is 0 Å². The molecule has 13 heavy (non-hydrogen) atoms. The van der Waals surface area contributed by atoms with Gasteiger partial charge < -0.3 is 4.42 Å². The first-order chi connectivity index (χ1) is 6.38. The first kappa shape index (κ1) is 8.04. The number of hydrogen-bond donors (Lipinski definition) is 0. The SMILES string of the molecule is CCc1cnn(Cc2cocn2)c1. The second kappa shape index (κ2) is 3.43. The fourth-order valence-electron chi connectivity index (χ4n) is 1.16. The van der Waals surface area contributed by atoms with Gasteiger partial charge in [0.05, 0.1) is 12.7 Å². The maximum absolute atomic E-state index is 4.87. The fourth-order valence-corrected chi connectivity index (χ4v) is 1.16. The summed E-state index contributed by atoms with van der Waals surface area (Å²) < 4.78 is 6.73. The zero-order valence-corrected chi connectivity index (χ0v) is 7.47. The van der Waals surface area contributed by atoms with Crippen molar-refractivity contribution < 1.29 is 4.42 Å². The van der Waals surface area contributed by atoms with E-state index in [1.807, 2.05) is 17.1 Å². The van der Waals surface area contributed by atoms with Gasteiger partial charge >= 0.3 is 0 Å². The fraction of sp³-hybridized carbons (Fsp3) is 0.333. The number of aromatic nitrogens is 3. The molecule has 0 aliphatic carbocycles. The molecule has 0 unspecified atom stereocenters. The Hall–Kier alpha value is -1.58. The average Bonchev–Trinajstić information content (AvgIpc) is 2.76. The van der Waals surface area contributed by atoms with Crippen molar-refractivity contribution in [1.29, 1.82) is 0 Å². The Morgan fingerprint density at radius 2 is 2.46 bits per heavy atom. The van der Waals surface area contributed by atoms with Crippen LogP contribution < -0.4 is 0 Å². The highest BCUT2D eigenvalue weighted by Crippen LogP contribution is 2.02. The molecule has 68 valence electrons. The van der Waals surface area contributed by atoms with Crippen molar-refractivity contribution in [1.82, 2.24) is 14.8 Å². The molecule has 0 bridgehead atoms. The molecule has 0 radical (unpaired) electrons. The highest BCUT2D eigenvalue weighted by Gasteiger charge is 1.99. The van der Waals surface area contributed by atoms with Crippen LogP contribution in [0.4, 0.5) is 0 Å². The molecule has 0 spiro atoms. The maximum atomic E-state index is 4.87. The molecule has 2 heterocycles. The largest absolute Gasteiger partial charge is 0.451 e. The summed E-state index contributed by atoms with van der Waals surface area (Å²) in [6.45, 7) is 2.79. The summed E-state index contributed by atoms with van der Waals surface area (Å²) >= 11 is 0. The summed E-state index contributed by atoms with van der Waals surface area (Å²) in [5.74, 6) is 0. The first-order valence-corrected chi connectivity index (χ1v) is 4.27. The van der Waals surface area contributed by atoms with Crippen molar-refractivity contribution in [3.63, 3.8) is 0 Å². The van der Waals surface area contributed by atoms with E-state index >= 15 is 0 Å². The van der Waals surface area contributed by atoms with Crippen LogP contribution in [0.1, 0.15) is 18.2 Å². The smallest absolute Gasteiger partial charge is 0.180 e. The Morgan fingerprint density at radius 1 is 1.54 bits per heavy atom. The van der Waals surface area contributed by atoms with Gasteiger partial charge in [0, 0.05) is 6.20 Å². The minimum Gasteiger partial charge on any atom is -0.451 e. The molecular weight excluding hydrogens is 166 g/mol. The van der Waals surface area contributed by atoms with E-state index in [2.05, 4.69) is 17.0 Å². The van der Waals surface area contributed by atoms with Crippen LogP contribution in [0.2, 0.25) is 0 Å². The van der Waals surface area contributed by atoms with E-state index in [4.69, 9.17) is 4.42 Å². The molecule has 4 nitrogen and oxygen atoms in total. The molecule has 2 rings (SSSR count). The Kier molecular flexibility index (Phi) is 2.12. The first-order valence-electron chi connectivity index (χ1n) is 4.27. The monoisotopic (exact) mass is 177 g/mol. The van der Waals surface area contributed by atoms with Crippen LogP contribution in [0.5, 0.6) is 0 Å². The summed E-state index contributed by atoms with van der Waals surface area (Å²) in [4.78, 5) is 4.02. The van der Waals surface area contributed by atoms with E-state index in [0.717, 1.165) is 12.1 Å². The van der Waals surface area contributed by atoms with Gasteiger partial charge in [-0.25, -0.2) is 4.98 Å². The van der Waals surface area contributed by atoms with Gasteiger partial charge in [0.15, 0.2) is 6.39 Å². The highest BCUT2D eigenvalue weighted by molar-refractivity contribution is 5.04. The van der Waals surface area contributed by atoms with Crippen LogP contribution in [0.3, 0.4) is 0 Å². The third-order valence-electron chi connectivity index (χ3n) is 1.90. The van der Waals surface area contributed by atoms with Gasteiger partial charge in [0.25, 0.3) is 0 Å². The topological polar surface area (TPSA) is 43.9 Å². The molecule has 2 aromatic heterocycles. The summed E-state index contributed by atoms with van der Waals surface area (Å²) in [6.07, 6.45) is 7.97. The molecule has 0 saturated heterocycles. The number of rotatable bonds is 3. The Bertz CT molecular complexity index is 364. The van der Waals surface area contributed by atoms with Gasteiger partial charge in [-0.2, -0.15) is 5.10 Å². The van der Waals surface area contributed by atoms with Crippen molar-refractivity contribution in [2.75, 3.05) is 0 Å². The third-order valence-corrected chi connectivity index (χ3v) is 1.90. The van der Waals surface area contributed by atoms with Gasteiger partial charge in [-0.1, -0.05) is 6.92 Å². The van der Waals surface area contributed by atoms with Gasteiger partial charge in [0.2, 0.25) is 0 Å². The predicted molar refractivity (Wildman–Crippen MR) is 47.2 cm³/mol. The Morgan fingerprint density at radius 3 is 3.08 bits per heavy atom. The van der Waals surface area contributed by atoms with Gasteiger partial charge in [-0.15, -0.1) is 0 Å². The summed E-state index contributed by atoms with van der Waals surface area (Å²) in [6, 6.07) is 0. The quantitative estimate of drug-likeness (QED) is 0.713. The molecule has 0 N–H and O–H groups in total. The zero-order chi connectivity index (χ0) is 9.10. The second-order valence-corrected chi connectivity index (χ2v) is 2.88. The number of hydrogen-bond acceptors (Lipinski definition) is 3. The van der Waals surface area contributed by atoms with Crippen molar-refractivity contribution in [3.05, 3.63) is 36.3 Å². The molecule has 2 aromatic rings. The van der Waals surface area contributed by atoms with Crippen LogP contribution in [-0.4, -0.2) is 14.8 Å². The normalized spacial score (nSPS) is 10.5. The van der Waals surface area contributed by atoms with Gasteiger partial charge in [-0.3, -0.25) is 4.68 Å². The molecule has 0 fully saturated rings. The van der Waals surface area contributed by atoms with E-state index in [0.29, 0.717) is 6.54 Å². The van der Waals surface area contributed by atoms with E-state index in [9.17, 15) is 0 Å². The lowest BCUT2D eigenvalue weighted by Gasteiger charge is -1.94. The van der Waals surface area contributed by atoms with Crippen molar-refractivity contribution >= 4 is 0 Å². The van der Waals surface area contributed by atoms with E-state index in [-0.39, 0.29) is 0 Å². The number of aryl methyl sites for hydroxylation is 1. The third kappa shape index (κ3) is 1.77. The maximum Gasteiger partial charge on any atom is 0.180 e. The van der Waals surface area contributed by atoms with Crippen LogP contribution in [0.15, 0.2) is 29.5 Å². The van der Waals surface area contributed by atoms with Crippen LogP contribution >= 0.6 is 0 Å². The van der Waals surface area contributed by atoms with Gasteiger partial charge in [0.1, 0.15) is 12.0 Å². The summed E-state index contributed by atoms with van der Waals surface area (Å²) in [7, 11) is 0. The number of oxazole rings is 1. The van der Waals surface area contributed by atoms with Crippen molar-refractivity contribution in [2.45, 2.75) is 19.9 Å². The number of nitrogens with zero attached hydrogens (tertiary/aromatic N) is 3. The summed E-state index contributed by atoms with van der Waals surface area (Å²) in [5, 5.41) is 4.20. The van der Waals surface area contributed by atoms with Crippen LogP contribution in [0, 0.1) is 0 Å². The lowest BCUT2D eigenvalue weighted by Crippen LogP contribution is -1.99. The van der Waals surface area contributed by atoms with Crippen LogP contribution in [0.25, 0.3) is 0 Å². The molecule has 0 amide bonds. The molecule has 0 aliphatic heterocycles. The minimum atomic E-state index is 0.677. The molecule has 4 heteroatoms. The Labute approximate surface area is 76.2 Å². The molecule has 0 atom stereocenters. The predicted octanol–water partition coefficient (Wildman–Crippen LogP) is 1.48. The highest BCUT2D eigenvalue weighted by atomic mass is 16.3. The Balaban J connectivity index is 2.10. The lowest BCUT2D eigenvalue weighted by molar-refractivity contribution is 0.554. The van der Waals surface area contributed by atoms with Crippen molar-refractivity contribution in [2.24, 2.45) is 0 Å². The average molecular weight is 177 g/mol. The minimum absolute atomic E-state index is 0.677. The molecular formula is C9H11N3O. The van der Waals surface area contributed by atoms with Gasteiger partial charge in [-0.05, 0) is 12.0 Å². The zero-order valence-electron chi connectivity index (χ0n) is 7.47. The summed E-state index contributed by atoms with van der Waals surface area (Å²) in [5.41, 5.74) is 2.13.